The molecule has 5 nitrogen and oxygen atoms in total. The molecule has 2 aromatic heterocycles. The summed E-state index contributed by atoms with van der Waals surface area (Å²) in [4.78, 5) is 18.4. The third kappa shape index (κ3) is 2.83. The van der Waals surface area contributed by atoms with Crippen molar-refractivity contribution < 1.29 is 0 Å². The van der Waals surface area contributed by atoms with Gasteiger partial charge in [0.1, 0.15) is 0 Å². The van der Waals surface area contributed by atoms with E-state index in [1.807, 2.05) is 19.0 Å². The molecule has 0 aliphatic heterocycles. The minimum atomic E-state index is -0.138. The SMILES string of the molecule is CN(C)c1cnn(Cc2cnc(Cl)s2)c(=O)c1. The molecule has 0 aliphatic carbocycles. The Balaban J connectivity index is 2.25. The fourth-order valence-electron chi connectivity index (χ4n) is 1.29. The van der Waals surface area contributed by atoms with Gasteiger partial charge in [0.2, 0.25) is 0 Å². The lowest BCUT2D eigenvalue weighted by Gasteiger charge is -2.11. The van der Waals surface area contributed by atoms with E-state index in [9.17, 15) is 4.79 Å². The van der Waals surface area contributed by atoms with Gasteiger partial charge in [0.05, 0.1) is 18.4 Å². The van der Waals surface area contributed by atoms with Crippen molar-refractivity contribution in [2.24, 2.45) is 0 Å². The molecule has 2 heterocycles. The van der Waals surface area contributed by atoms with E-state index in [0.29, 0.717) is 11.0 Å². The van der Waals surface area contributed by atoms with Crippen molar-refractivity contribution in [3.63, 3.8) is 0 Å². The van der Waals surface area contributed by atoms with Crippen molar-refractivity contribution in [3.05, 3.63) is 38.2 Å². The van der Waals surface area contributed by atoms with Crippen LogP contribution in [0.1, 0.15) is 4.88 Å². The number of hydrogen-bond donors (Lipinski definition) is 0. The lowest BCUT2D eigenvalue weighted by Crippen LogP contribution is -2.24. The summed E-state index contributed by atoms with van der Waals surface area (Å²) < 4.78 is 1.86. The van der Waals surface area contributed by atoms with Crippen LogP contribution in [0.5, 0.6) is 0 Å². The van der Waals surface area contributed by atoms with Crippen molar-refractivity contribution in [2.45, 2.75) is 6.54 Å². The van der Waals surface area contributed by atoms with E-state index in [2.05, 4.69) is 10.1 Å². The number of anilines is 1. The Hall–Kier alpha value is -1.40. The first-order valence-corrected chi connectivity index (χ1v) is 6.10. The summed E-state index contributed by atoms with van der Waals surface area (Å²) in [6.07, 6.45) is 3.31. The Morgan fingerprint density at radius 1 is 1.47 bits per heavy atom. The number of aromatic nitrogens is 3. The van der Waals surface area contributed by atoms with Crippen molar-refractivity contribution in [1.29, 1.82) is 0 Å². The van der Waals surface area contributed by atoms with E-state index >= 15 is 0 Å². The Labute approximate surface area is 107 Å². The van der Waals surface area contributed by atoms with Gasteiger partial charge in [-0.3, -0.25) is 4.79 Å². The van der Waals surface area contributed by atoms with Gasteiger partial charge in [0, 0.05) is 31.2 Å². The standard InChI is InChI=1S/C10H11ClN4OS/c1-14(2)7-3-9(16)15(13-4-7)6-8-5-12-10(11)17-8/h3-5H,6H2,1-2H3. The highest BCUT2D eigenvalue weighted by Crippen LogP contribution is 2.17. The highest BCUT2D eigenvalue weighted by Gasteiger charge is 2.05. The topological polar surface area (TPSA) is 51.0 Å². The molecule has 0 bridgehead atoms. The third-order valence-corrected chi connectivity index (χ3v) is 3.30. The zero-order valence-corrected chi connectivity index (χ0v) is 11.0. The molecule has 0 spiro atoms. The average Bonchev–Trinajstić information content (AvgIpc) is 2.67. The maximum absolute atomic E-state index is 11.8. The Bertz CT molecular complexity index is 578. The highest BCUT2D eigenvalue weighted by atomic mass is 35.5. The molecule has 0 saturated heterocycles. The summed E-state index contributed by atoms with van der Waals surface area (Å²) in [5.41, 5.74) is 0.648. The third-order valence-electron chi connectivity index (χ3n) is 2.20. The van der Waals surface area contributed by atoms with Crippen LogP contribution >= 0.6 is 22.9 Å². The van der Waals surface area contributed by atoms with Crippen LogP contribution in [0, 0.1) is 0 Å². The van der Waals surface area contributed by atoms with Crippen molar-refractivity contribution in [2.75, 3.05) is 19.0 Å². The molecule has 2 aromatic rings. The summed E-state index contributed by atoms with van der Waals surface area (Å²) in [6, 6.07) is 1.55. The van der Waals surface area contributed by atoms with Crippen molar-refractivity contribution >= 4 is 28.6 Å². The molecule has 0 unspecified atom stereocenters. The zero-order chi connectivity index (χ0) is 12.4. The van der Waals surface area contributed by atoms with Crippen LogP contribution in [0.3, 0.4) is 0 Å². The molecule has 0 aliphatic rings. The Kier molecular flexibility index (Phi) is 3.44. The molecule has 0 amide bonds. The zero-order valence-electron chi connectivity index (χ0n) is 9.42. The van der Waals surface area contributed by atoms with Gasteiger partial charge in [-0.15, -0.1) is 11.3 Å². The van der Waals surface area contributed by atoms with Gasteiger partial charge in [-0.25, -0.2) is 9.67 Å². The summed E-state index contributed by atoms with van der Waals surface area (Å²) in [6.45, 7) is 0.400. The molecular weight excluding hydrogens is 260 g/mol. The summed E-state index contributed by atoms with van der Waals surface area (Å²) in [5, 5.41) is 4.10. The molecule has 17 heavy (non-hydrogen) atoms. The molecule has 0 N–H and O–H groups in total. The van der Waals surface area contributed by atoms with Crippen molar-refractivity contribution in [3.8, 4) is 0 Å². The minimum absolute atomic E-state index is 0.138. The molecule has 7 heteroatoms. The number of halogens is 1. The van der Waals surface area contributed by atoms with E-state index in [1.165, 1.54) is 16.0 Å². The first kappa shape index (κ1) is 12.1. The predicted octanol–water partition coefficient (Wildman–Crippen LogP) is 1.47. The van der Waals surface area contributed by atoms with Gasteiger partial charge >= 0.3 is 0 Å². The molecule has 0 aromatic carbocycles. The molecule has 0 atom stereocenters. The smallest absolute Gasteiger partial charge is 0.269 e. The monoisotopic (exact) mass is 270 g/mol. The maximum Gasteiger partial charge on any atom is 0.269 e. The highest BCUT2D eigenvalue weighted by molar-refractivity contribution is 7.15. The second kappa shape index (κ2) is 4.85. The number of hydrogen-bond acceptors (Lipinski definition) is 5. The number of thiazole rings is 1. The lowest BCUT2D eigenvalue weighted by molar-refractivity contribution is 0.644. The van der Waals surface area contributed by atoms with E-state index < -0.39 is 0 Å². The molecular formula is C10H11ClN4OS. The molecule has 0 fully saturated rings. The number of nitrogens with zero attached hydrogens (tertiary/aromatic N) is 4. The Morgan fingerprint density at radius 2 is 2.24 bits per heavy atom. The second-order valence-electron chi connectivity index (χ2n) is 3.68. The van der Waals surface area contributed by atoms with Crippen LogP contribution in [-0.2, 0) is 6.54 Å². The minimum Gasteiger partial charge on any atom is -0.376 e. The largest absolute Gasteiger partial charge is 0.376 e. The van der Waals surface area contributed by atoms with E-state index in [4.69, 9.17) is 11.6 Å². The fourth-order valence-corrected chi connectivity index (χ4v) is 2.25. The van der Waals surface area contributed by atoms with Crippen LogP contribution in [0.15, 0.2) is 23.3 Å². The van der Waals surface area contributed by atoms with Crippen LogP contribution in [0.2, 0.25) is 4.47 Å². The maximum atomic E-state index is 11.8. The van der Waals surface area contributed by atoms with Gasteiger partial charge in [-0.2, -0.15) is 5.10 Å². The number of rotatable bonds is 3. The summed E-state index contributed by atoms with van der Waals surface area (Å²) in [7, 11) is 3.73. The summed E-state index contributed by atoms with van der Waals surface area (Å²) >= 11 is 7.07. The van der Waals surface area contributed by atoms with E-state index in [1.54, 1.807) is 18.5 Å². The average molecular weight is 271 g/mol. The quantitative estimate of drug-likeness (QED) is 0.847. The van der Waals surface area contributed by atoms with Crippen LogP contribution in [0.25, 0.3) is 0 Å². The second-order valence-corrected chi connectivity index (χ2v) is 5.38. The van der Waals surface area contributed by atoms with Gasteiger partial charge < -0.3 is 4.90 Å². The first-order valence-electron chi connectivity index (χ1n) is 4.91. The Morgan fingerprint density at radius 3 is 2.76 bits per heavy atom. The van der Waals surface area contributed by atoms with Gasteiger partial charge in [0.25, 0.3) is 5.56 Å². The molecule has 0 saturated carbocycles. The molecule has 0 radical (unpaired) electrons. The van der Waals surface area contributed by atoms with E-state index in [0.717, 1.165) is 10.6 Å². The first-order chi connectivity index (χ1) is 8.06. The lowest BCUT2D eigenvalue weighted by atomic mass is 10.4. The van der Waals surface area contributed by atoms with Gasteiger partial charge in [-0.1, -0.05) is 11.6 Å². The van der Waals surface area contributed by atoms with Gasteiger partial charge in [0.15, 0.2) is 4.47 Å². The molecule has 90 valence electrons. The van der Waals surface area contributed by atoms with Crippen molar-refractivity contribution in [1.82, 2.24) is 14.8 Å². The summed E-state index contributed by atoms with van der Waals surface area (Å²) in [5.74, 6) is 0. The van der Waals surface area contributed by atoms with E-state index in [-0.39, 0.29) is 5.56 Å². The van der Waals surface area contributed by atoms with Crippen LogP contribution < -0.4 is 10.5 Å². The fraction of sp³-hybridized carbons (Fsp3) is 0.300. The van der Waals surface area contributed by atoms with Crippen LogP contribution in [-0.4, -0.2) is 28.9 Å². The van der Waals surface area contributed by atoms with Gasteiger partial charge in [-0.05, 0) is 0 Å². The predicted molar refractivity (Wildman–Crippen MR) is 69.1 cm³/mol. The molecule has 2 rings (SSSR count). The normalized spacial score (nSPS) is 10.5. The van der Waals surface area contributed by atoms with Crippen LogP contribution in [0.4, 0.5) is 5.69 Å².